The third-order valence-corrected chi connectivity index (χ3v) is 6.69. The topological polar surface area (TPSA) is 63.7 Å². The predicted octanol–water partition coefficient (Wildman–Crippen LogP) is 5.54. The van der Waals surface area contributed by atoms with Gasteiger partial charge in [0, 0.05) is 11.4 Å². The van der Waals surface area contributed by atoms with E-state index in [2.05, 4.69) is 0 Å². The molecule has 0 saturated heterocycles. The highest BCUT2D eigenvalue weighted by Crippen LogP contribution is 2.26. The van der Waals surface area contributed by atoms with Crippen LogP contribution < -0.4 is 9.04 Å². The summed E-state index contributed by atoms with van der Waals surface area (Å²) in [6.45, 7) is 4.05. The van der Waals surface area contributed by atoms with Gasteiger partial charge in [-0.15, -0.1) is 0 Å². The number of halogens is 1. The van der Waals surface area contributed by atoms with Crippen molar-refractivity contribution in [2.45, 2.75) is 31.6 Å². The van der Waals surface area contributed by atoms with Crippen molar-refractivity contribution in [3.8, 4) is 5.75 Å². The highest BCUT2D eigenvalue weighted by atomic mass is 35.5. The minimum atomic E-state index is -4.05. The minimum absolute atomic E-state index is 0.0204. The van der Waals surface area contributed by atoms with E-state index in [0.717, 1.165) is 15.4 Å². The summed E-state index contributed by atoms with van der Waals surface area (Å²) in [5, 5.41) is 0.609. The molecule has 0 aliphatic rings. The summed E-state index contributed by atoms with van der Waals surface area (Å²) >= 11 is 5.86. The second-order valence-corrected chi connectivity index (χ2v) is 9.44. The Balaban J connectivity index is 1.77. The number of amides is 1. The van der Waals surface area contributed by atoms with Gasteiger partial charge in [-0.25, -0.2) is 12.7 Å². The quantitative estimate of drug-likeness (QED) is 0.417. The van der Waals surface area contributed by atoms with Crippen molar-refractivity contribution >= 4 is 33.2 Å². The Hall–Kier alpha value is -2.83. The zero-order chi connectivity index (χ0) is 22.4. The molecule has 0 aliphatic heterocycles. The molecule has 0 aromatic heterocycles. The number of anilines is 1. The maximum absolute atomic E-state index is 13.3. The van der Waals surface area contributed by atoms with Crippen molar-refractivity contribution < 1.29 is 17.9 Å². The number of carbonyl (C=O) groups excluding carboxylic acids is 1. The molecule has 5 nitrogen and oxygen atoms in total. The van der Waals surface area contributed by atoms with Gasteiger partial charge in [0.05, 0.1) is 17.2 Å². The summed E-state index contributed by atoms with van der Waals surface area (Å²) < 4.78 is 33.1. The Bertz CT molecular complexity index is 1130. The van der Waals surface area contributed by atoms with Crippen molar-refractivity contribution in [1.29, 1.82) is 0 Å². The molecule has 3 aromatic carbocycles. The van der Waals surface area contributed by atoms with E-state index in [1.54, 1.807) is 60.7 Å². The van der Waals surface area contributed by atoms with Crippen LogP contribution in [0.4, 0.5) is 5.69 Å². The van der Waals surface area contributed by atoms with Gasteiger partial charge in [0.1, 0.15) is 5.75 Å². The Morgan fingerprint density at radius 1 is 0.871 bits per heavy atom. The van der Waals surface area contributed by atoms with E-state index < -0.39 is 15.9 Å². The van der Waals surface area contributed by atoms with E-state index in [-0.39, 0.29) is 17.9 Å². The number of sulfonamides is 1. The maximum Gasteiger partial charge on any atom is 0.270 e. The van der Waals surface area contributed by atoms with E-state index in [0.29, 0.717) is 22.9 Å². The van der Waals surface area contributed by atoms with Crippen LogP contribution in [-0.4, -0.2) is 20.9 Å². The molecule has 31 heavy (non-hydrogen) atoms. The summed E-state index contributed by atoms with van der Waals surface area (Å²) in [6.07, 6.45) is 0.389. The van der Waals surface area contributed by atoms with Crippen molar-refractivity contribution in [2.75, 3.05) is 10.9 Å². The van der Waals surface area contributed by atoms with Crippen LogP contribution >= 0.6 is 11.6 Å². The first-order chi connectivity index (χ1) is 14.8. The van der Waals surface area contributed by atoms with E-state index in [9.17, 15) is 13.2 Å². The zero-order valence-electron chi connectivity index (χ0n) is 17.4. The second-order valence-electron chi connectivity index (χ2n) is 7.22. The van der Waals surface area contributed by atoms with Crippen LogP contribution in [0.15, 0.2) is 77.7 Å². The highest BCUT2D eigenvalue weighted by Gasteiger charge is 2.30. The summed E-state index contributed by atoms with van der Waals surface area (Å²) in [5.74, 6) is 0.128. The number of carbonyl (C=O) groups is 1. The lowest BCUT2D eigenvalue weighted by Crippen LogP contribution is -2.37. The van der Waals surface area contributed by atoms with Gasteiger partial charge in [0.2, 0.25) is 5.91 Å². The molecule has 162 valence electrons. The van der Waals surface area contributed by atoms with Gasteiger partial charge >= 0.3 is 0 Å². The lowest BCUT2D eigenvalue weighted by molar-refractivity contribution is -0.117. The van der Waals surface area contributed by atoms with Crippen molar-refractivity contribution in [3.05, 3.63) is 88.9 Å². The molecule has 0 saturated carbocycles. The number of nitrogens with zero attached hydrogens (tertiary/aromatic N) is 1. The van der Waals surface area contributed by atoms with Crippen LogP contribution in [0.2, 0.25) is 5.02 Å². The smallest absolute Gasteiger partial charge is 0.270 e. The third-order valence-electron chi connectivity index (χ3n) is 4.67. The molecule has 0 radical (unpaired) electrons. The summed E-state index contributed by atoms with van der Waals surface area (Å²) in [7, 11) is -4.05. The number of hydrogen-bond acceptors (Lipinski definition) is 4. The highest BCUT2D eigenvalue weighted by molar-refractivity contribution is 7.93. The number of ether oxygens (including phenoxy) is 1. The lowest BCUT2D eigenvalue weighted by Gasteiger charge is -2.23. The van der Waals surface area contributed by atoms with Crippen LogP contribution in [0.3, 0.4) is 0 Å². The Labute approximate surface area is 188 Å². The fourth-order valence-electron chi connectivity index (χ4n) is 2.96. The van der Waals surface area contributed by atoms with Crippen LogP contribution in [0.1, 0.15) is 24.0 Å². The summed E-state index contributed by atoms with van der Waals surface area (Å²) in [4.78, 5) is 13.1. The number of benzene rings is 3. The van der Waals surface area contributed by atoms with Crippen molar-refractivity contribution in [2.24, 2.45) is 0 Å². The molecule has 3 rings (SSSR count). The lowest BCUT2D eigenvalue weighted by atomic mass is 10.2. The molecule has 0 atom stereocenters. The van der Waals surface area contributed by atoms with Gasteiger partial charge in [0.25, 0.3) is 10.0 Å². The van der Waals surface area contributed by atoms with E-state index >= 15 is 0 Å². The molecular formula is C24H24ClNO4S. The molecule has 0 aliphatic carbocycles. The van der Waals surface area contributed by atoms with E-state index in [1.807, 2.05) is 13.8 Å². The summed E-state index contributed by atoms with van der Waals surface area (Å²) in [6, 6.07) is 20.2. The molecule has 0 heterocycles. The first kappa shape index (κ1) is 22.8. The molecule has 0 spiro atoms. The second kappa shape index (κ2) is 9.98. The third kappa shape index (κ3) is 5.87. The standard InChI is InChI=1S/C24H24ClNO4S/c1-18-5-11-21(12-6-18)26(31(28,29)23-15-7-19(2)8-16-23)24(27)4-3-17-30-22-13-9-20(25)10-14-22/h5-16H,3-4,17H2,1-2H3. The van der Waals surface area contributed by atoms with Gasteiger partial charge in [-0.05, 0) is 68.8 Å². The van der Waals surface area contributed by atoms with E-state index in [4.69, 9.17) is 16.3 Å². The number of hydrogen-bond donors (Lipinski definition) is 0. The van der Waals surface area contributed by atoms with Crippen LogP contribution in [-0.2, 0) is 14.8 Å². The molecule has 0 N–H and O–H groups in total. The Morgan fingerprint density at radius 2 is 1.42 bits per heavy atom. The first-order valence-electron chi connectivity index (χ1n) is 9.87. The number of aryl methyl sites for hydroxylation is 2. The molecular weight excluding hydrogens is 434 g/mol. The van der Waals surface area contributed by atoms with Gasteiger partial charge in [-0.2, -0.15) is 0 Å². The average Bonchev–Trinajstić information content (AvgIpc) is 2.74. The van der Waals surface area contributed by atoms with E-state index in [1.165, 1.54) is 12.1 Å². The summed E-state index contributed by atoms with van der Waals surface area (Å²) in [5.41, 5.74) is 2.22. The molecule has 0 unspecified atom stereocenters. The minimum Gasteiger partial charge on any atom is -0.494 e. The monoisotopic (exact) mass is 457 g/mol. The molecule has 0 fully saturated rings. The number of rotatable bonds is 8. The Morgan fingerprint density at radius 3 is 2.00 bits per heavy atom. The normalized spacial score (nSPS) is 11.2. The molecule has 0 bridgehead atoms. The largest absolute Gasteiger partial charge is 0.494 e. The van der Waals surface area contributed by atoms with Gasteiger partial charge in [0.15, 0.2) is 0 Å². The molecule has 3 aromatic rings. The first-order valence-corrected chi connectivity index (χ1v) is 11.7. The zero-order valence-corrected chi connectivity index (χ0v) is 19.0. The van der Waals surface area contributed by atoms with Gasteiger partial charge in [-0.1, -0.05) is 47.0 Å². The average molecular weight is 458 g/mol. The van der Waals surface area contributed by atoms with Crippen LogP contribution in [0.25, 0.3) is 0 Å². The van der Waals surface area contributed by atoms with Crippen molar-refractivity contribution in [3.63, 3.8) is 0 Å². The van der Waals surface area contributed by atoms with Crippen molar-refractivity contribution in [1.82, 2.24) is 0 Å². The van der Waals surface area contributed by atoms with Gasteiger partial charge < -0.3 is 4.74 Å². The SMILES string of the molecule is Cc1ccc(N(C(=O)CCCOc2ccc(Cl)cc2)S(=O)(=O)c2ccc(C)cc2)cc1. The maximum atomic E-state index is 13.3. The van der Waals surface area contributed by atoms with Gasteiger partial charge in [-0.3, -0.25) is 4.79 Å². The molecule has 1 amide bonds. The predicted molar refractivity (Wildman–Crippen MR) is 123 cm³/mol. The fraction of sp³-hybridized carbons (Fsp3) is 0.208. The Kier molecular flexibility index (Phi) is 7.36. The molecule has 7 heteroatoms. The van der Waals surface area contributed by atoms with Crippen LogP contribution in [0, 0.1) is 13.8 Å². The fourth-order valence-corrected chi connectivity index (χ4v) is 4.53. The van der Waals surface area contributed by atoms with Crippen LogP contribution in [0.5, 0.6) is 5.75 Å².